The second-order valence-electron chi connectivity index (χ2n) is 1.90. The van der Waals surface area contributed by atoms with Gasteiger partial charge in [-0.05, 0) is 12.2 Å². The standard InChI is InChI=1S/C7H10N2O/c8-5-9-7(10)6-3-1-2-4-6/h1-4,9-10H,5,8H2. The quantitative estimate of drug-likeness (QED) is 0.382. The summed E-state index contributed by atoms with van der Waals surface area (Å²) in [6.45, 7) is 0.247. The smallest absolute Gasteiger partial charge is 0.192 e. The average Bonchev–Trinajstić information content (AvgIpc) is 2.38. The third-order valence-electron chi connectivity index (χ3n) is 1.21. The highest BCUT2D eigenvalue weighted by molar-refractivity contribution is 5.41. The van der Waals surface area contributed by atoms with Crippen LogP contribution in [0.4, 0.5) is 0 Å². The van der Waals surface area contributed by atoms with Crippen LogP contribution >= 0.6 is 0 Å². The second kappa shape index (κ2) is 3.08. The molecule has 0 amide bonds. The Hall–Kier alpha value is -1.22. The van der Waals surface area contributed by atoms with Crippen molar-refractivity contribution in [3.05, 3.63) is 35.8 Å². The largest absolute Gasteiger partial charge is 0.494 e. The Morgan fingerprint density at radius 1 is 1.50 bits per heavy atom. The fourth-order valence-electron chi connectivity index (χ4n) is 0.731. The summed E-state index contributed by atoms with van der Waals surface area (Å²) in [6.07, 6.45) is 7.31. The molecule has 0 saturated heterocycles. The molecule has 0 atom stereocenters. The van der Waals surface area contributed by atoms with Gasteiger partial charge in [-0.2, -0.15) is 0 Å². The molecule has 0 fully saturated rings. The lowest BCUT2D eigenvalue weighted by Crippen LogP contribution is -2.22. The first kappa shape index (κ1) is 6.89. The van der Waals surface area contributed by atoms with Crippen LogP contribution in [0, 0.1) is 0 Å². The zero-order valence-corrected chi connectivity index (χ0v) is 5.54. The third kappa shape index (κ3) is 1.39. The zero-order valence-electron chi connectivity index (χ0n) is 5.54. The maximum atomic E-state index is 9.13. The van der Waals surface area contributed by atoms with Crippen molar-refractivity contribution in [3.63, 3.8) is 0 Å². The fraction of sp³-hybridized carbons (Fsp3) is 0.143. The molecule has 0 spiro atoms. The molecule has 3 nitrogen and oxygen atoms in total. The summed E-state index contributed by atoms with van der Waals surface area (Å²) in [5.74, 6) is 0.132. The van der Waals surface area contributed by atoms with Crippen molar-refractivity contribution in [1.82, 2.24) is 5.32 Å². The first-order valence-corrected chi connectivity index (χ1v) is 3.06. The number of allylic oxidation sites excluding steroid dienone is 5. The van der Waals surface area contributed by atoms with Crippen LogP contribution in [0.15, 0.2) is 35.8 Å². The molecule has 4 N–H and O–H groups in total. The molecule has 1 rings (SSSR count). The molecule has 0 unspecified atom stereocenters. The van der Waals surface area contributed by atoms with Crippen LogP contribution in [0.25, 0.3) is 0 Å². The van der Waals surface area contributed by atoms with Gasteiger partial charge in [0.25, 0.3) is 0 Å². The van der Waals surface area contributed by atoms with Crippen molar-refractivity contribution >= 4 is 0 Å². The Bertz CT molecular complexity index is 190. The van der Waals surface area contributed by atoms with E-state index in [4.69, 9.17) is 10.8 Å². The van der Waals surface area contributed by atoms with Gasteiger partial charge in [0.15, 0.2) is 5.88 Å². The highest BCUT2D eigenvalue weighted by atomic mass is 16.3. The van der Waals surface area contributed by atoms with Crippen molar-refractivity contribution < 1.29 is 5.11 Å². The molecule has 10 heavy (non-hydrogen) atoms. The normalized spacial score (nSPS) is 14.3. The molecule has 0 radical (unpaired) electrons. The van der Waals surface area contributed by atoms with Gasteiger partial charge in [0, 0.05) is 5.57 Å². The first-order chi connectivity index (χ1) is 4.84. The summed E-state index contributed by atoms with van der Waals surface area (Å²) in [5, 5.41) is 11.7. The maximum absolute atomic E-state index is 9.13. The lowest BCUT2D eigenvalue weighted by atomic mass is 10.3. The van der Waals surface area contributed by atoms with Crippen LogP contribution < -0.4 is 11.1 Å². The summed E-state index contributed by atoms with van der Waals surface area (Å²) in [5.41, 5.74) is 5.91. The van der Waals surface area contributed by atoms with Gasteiger partial charge in [0.2, 0.25) is 0 Å². The minimum absolute atomic E-state index is 0.132. The Morgan fingerprint density at radius 3 is 2.60 bits per heavy atom. The van der Waals surface area contributed by atoms with Gasteiger partial charge in [-0.3, -0.25) is 0 Å². The van der Waals surface area contributed by atoms with E-state index in [9.17, 15) is 0 Å². The van der Waals surface area contributed by atoms with E-state index in [0.717, 1.165) is 5.57 Å². The lowest BCUT2D eigenvalue weighted by molar-refractivity contribution is 0.363. The predicted octanol–water partition coefficient (Wildman–Crippen LogP) is 0.388. The molecule has 0 aromatic carbocycles. The Balaban J connectivity index is 2.65. The van der Waals surface area contributed by atoms with Gasteiger partial charge in [0.1, 0.15) is 0 Å². The fourth-order valence-corrected chi connectivity index (χ4v) is 0.731. The van der Waals surface area contributed by atoms with Gasteiger partial charge < -0.3 is 16.2 Å². The second-order valence-corrected chi connectivity index (χ2v) is 1.90. The van der Waals surface area contributed by atoms with Crippen molar-refractivity contribution in [2.45, 2.75) is 0 Å². The Kier molecular flexibility index (Phi) is 2.12. The van der Waals surface area contributed by atoms with Gasteiger partial charge in [0.05, 0.1) is 6.67 Å². The molecular weight excluding hydrogens is 128 g/mol. The van der Waals surface area contributed by atoms with Crippen LogP contribution in [0.3, 0.4) is 0 Å². The average molecular weight is 138 g/mol. The van der Waals surface area contributed by atoms with E-state index in [2.05, 4.69) is 5.32 Å². The van der Waals surface area contributed by atoms with Crippen molar-refractivity contribution in [3.8, 4) is 0 Å². The third-order valence-corrected chi connectivity index (χ3v) is 1.21. The van der Waals surface area contributed by atoms with Crippen LogP contribution in [0.5, 0.6) is 0 Å². The topological polar surface area (TPSA) is 58.3 Å². The number of hydrogen-bond acceptors (Lipinski definition) is 3. The summed E-state index contributed by atoms with van der Waals surface area (Å²) in [7, 11) is 0. The van der Waals surface area contributed by atoms with Crippen LogP contribution in [-0.4, -0.2) is 11.8 Å². The summed E-state index contributed by atoms with van der Waals surface area (Å²) in [4.78, 5) is 0. The molecule has 0 bridgehead atoms. The lowest BCUT2D eigenvalue weighted by Gasteiger charge is -2.01. The van der Waals surface area contributed by atoms with Crippen LogP contribution in [0.1, 0.15) is 0 Å². The first-order valence-electron chi connectivity index (χ1n) is 3.06. The van der Waals surface area contributed by atoms with Gasteiger partial charge >= 0.3 is 0 Å². The predicted molar refractivity (Wildman–Crippen MR) is 40.1 cm³/mol. The molecule has 0 aromatic heterocycles. The number of rotatable bonds is 2. The number of nitrogens with two attached hydrogens (primary N) is 1. The number of nitrogens with one attached hydrogen (secondary N) is 1. The van der Waals surface area contributed by atoms with Crippen molar-refractivity contribution in [2.75, 3.05) is 6.67 Å². The molecular formula is C7H10N2O. The highest BCUT2D eigenvalue weighted by Gasteiger charge is 1.98. The molecule has 0 saturated carbocycles. The van der Waals surface area contributed by atoms with E-state index in [1.165, 1.54) is 0 Å². The van der Waals surface area contributed by atoms with E-state index in [0.29, 0.717) is 0 Å². The van der Waals surface area contributed by atoms with E-state index >= 15 is 0 Å². The molecule has 0 aliphatic heterocycles. The van der Waals surface area contributed by atoms with Gasteiger partial charge in [-0.1, -0.05) is 12.2 Å². The summed E-state index contributed by atoms with van der Waals surface area (Å²) >= 11 is 0. The molecule has 1 aliphatic carbocycles. The molecule has 54 valence electrons. The van der Waals surface area contributed by atoms with E-state index < -0.39 is 0 Å². The number of aliphatic hydroxyl groups excluding tert-OH is 1. The monoisotopic (exact) mass is 138 g/mol. The summed E-state index contributed by atoms with van der Waals surface area (Å²) in [6, 6.07) is 0. The Labute approximate surface area is 59.5 Å². The summed E-state index contributed by atoms with van der Waals surface area (Å²) < 4.78 is 0. The SMILES string of the molecule is NCNC(O)=C1C=CC=C1. The number of aliphatic hydroxyl groups is 1. The van der Waals surface area contributed by atoms with Crippen molar-refractivity contribution in [1.29, 1.82) is 0 Å². The molecule has 0 aromatic rings. The minimum Gasteiger partial charge on any atom is -0.494 e. The van der Waals surface area contributed by atoms with E-state index in [-0.39, 0.29) is 12.6 Å². The number of hydrogen-bond donors (Lipinski definition) is 3. The minimum atomic E-state index is 0.132. The van der Waals surface area contributed by atoms with Gasteiger partial charge in [-0.15, -0.1) is 0 Å². The van der Waals surface area contributed by atoms with Gasteiger partial charge in [-0.25, -0.2) is 0 Å². The molecule has 1 aliphatic rings. The van der Waals surface area contributed by atoms with Crippen LogP contribution in [0.2, 0.25) is 0 Å². The van der Waals surface area contributed by atoms with E-state index in [1.54, 1.807) is 12.2 Å². The molecule has 3 heteroatoms. The maximum Gasteiger partial charge on any atom is 0.192 e. The molecule has 0 heterocycles. The zero-order chi connectivity index (χ0) is 7.40. The van der Waals surface area contributed by atoms with Crippen molar-refractivity contribution in [2.24, 2.45) is 5.73 Å². The Morgan fingerprint density at radius 2 is 2.10 bits per heavy atom. The van der Waals surface area contributed by atoms with Crippen LogP contribution in [-0.2, 0) is 0 Å². The van der Waals surface area contributed by atoms with E-state index in [1.807, 2.05) is 12.2 Å². The highest BCUT2D eigenvalue weighted by Crippen LogP contribution is 2.08.